The molecule has 0 spiro atoms. The van der Waals surface area contributed by atoms with E-state index in [1.165, 1.54) is 6.92 Å². The number of aliphatic hydroxyl groups excluding tert-OH is 1. The normalized spacial score (nSPS) is 14.3. The van der Waals surface area contributed by atoms with Crippen LogP contribution in [0.15, 0.2) is 12.1 Å². The van der Waals surface area contributed by atoms with Crippen molar-refractivity contribution >= 4 is 17.4 Å². The van der Waals surface area contributed by atoms with Crippen LogP contribution < -0.4 is 20.1 Å². The van der Waals surface area contributed by atoms with Crippen LogP contribution in [0.1, 0.15) is 32.3 Å². The molecule has 1 aliphatic heterocycles. The second-order valence-electron chi connectivity index (χ2n) is 6.65. The van der Waals surface area contributed by atoms with E-state index in [-0.39, 0.29) is 30.8 Å². The summed E-state index contributed by atoms with van der Waals surface area (Å²) in [5.41, 5.74) is 1.52. The van der Waals surface area contributed by atoms with Crippen molar-refractivity contribution in [3.8, 4) is 11.5 Å². The van der Waals surface area contributed by atoms with Gasteiger partial charge in [-0.25, -0.2) is 0 Å². The van der Waals surface area contributed by atoms with E-state index in [1.807, 2.05) is 13.0 Å². The maximum atomic E-state index is 11.7. The van der Waals surface area contributed by atoms with Crippen LogP contribution in [0.3, 0.4) is 0 Å². The van der Waals surface area contributed by atoms with Gasteiger partial charge in [-0.15, -0.1) is 0 Å². The van der Waals surface area contributed by atoms with Crippen molar-refractivity contribution in [3.63, 3.8) is 0 Å². The molecule has 1 aliphatic rings. The molecule has 1 atom stereocenters. The number of benzene rings is 1. The lowest BCUT2D eigenvalue weighted by molar-refractivity contribution is -0.119. The average molecular weight is 364 g/mol. The summed E-state index contributed by atoms with van der Waals surface area (Å²) >= 11 is 0. The number of carbonyl (C=O) groups excluding carboxylic acids is 2. The van der Waals surface area contributed by atoms with Gasteiger partial charge >= 0.3 is 0 Å². The molecule has 26 heavy (non-hydrogen) atoms. The fraction of sp³-hybridized carbons (Fsp3) is 0.579. The Kier molecular flexibility index (Phi) is 7.87. The highest BCUT2D eigenvalue weighted by Crippen LogP contribution is 2.38. The number of fused-ring (bicyclic) bond motifs is 1. The van der Waals surface area contributed by atoms with Gasteiger partial charge in [0.25, 0.3) is 0 Å². The summed E-state index contributed by atoms with van der Waals surface area (Å²) in [6.07, 6.45) is 1.82. The summed E-state index contributed by atoms with van der Waals surface area (Å²) in [6.45, 7) is 5.73. The number of ketones is 1. The van der Waals surface area contributed by atoms with Gasteiger partial charge < -0.3 is 25.2 Å². The first-order valence-electron chi connectivity index (χ1n) is 9.03. The van der Waals surface area contributed by atoms with Gasteiger partial charge in [0.05, 0.1) is 12.3 Å². The first-order valence-corrected chi connectivity index (χ1v) is 9.03. The van der Waals surface area contributed by atoms with Crippen LogP contribution in [0.25, 0.3) is 0 Å². The molecular formula is C19H28N2O5. The molecule has 3 N–H and O–H groups in total. The molecule has 7 nitrogen and oxygen atoms in total. The third kappa shape index (κ3) is 6.00. The molecule has 1 heterocycles. The zero-order chi connectivity index (χ0) is 18.9. The van der Waals surface area contributed by atoms with Gasteiger partial charge in [-0.1, -0.05) is 6.92 Å². The van der Waals surface area contributed by atoms with Gasteiger partial charge in [-0.05, 0) is 50.9 Å². The molecule has 0 radical (unpaired) electrons. The van der Waals surface area contributed by atoms with E-state index in [4.69, 9.17) is 14.6 Å². The quantitative estimate of drug-likeness (QED) is 0.515. The Labute approximate surface area is 154 Å². The molecule has 0 aliphatic carbocycles. The summed E-state index contributed by atoms with van der Waals surface area (Å²) in [4.78, 5) is 22.9. The summed E-state index contributed by atoms with van der Waals surface area (Å²) in [6, 6.07) is 3.55. The zero-order valence-corrected chi connectivity index (χ0v) is 15.5. The fourth-order valence-electron chi connectivity index (χ4n) is 2.66. The third-order valence-corrected chi connectivity index (χ3v) is 4.09. The van der Waals surface area contributed by atoms with Crippen LogP contribution >= 0.6 is 0 Å². The molecule has 0 saturated carbocycles. The minimum Gasteiger partial charge on any atom is -0.493 e. The van der Waals surface area contributed by atoms with E-state index in [2.05, 4.69) is 10.6 Å². The minimum absolute atomic E-state index is 0.0273. The first kappa shape index (κ1) is 20.2. The Balaban J connectivity index is 1.93. The molecule has 2 rings (SSSR count). The van der Waals surface area contributed by atoms with Gasteiger partial charge in [-0.2, -0.15) is 0 Å². The molecule has 0 bridgehead atoms. The molecule has 1 aromatic carbocycles. The number of ether oxygens (including phenoxy) is 2. The van der Waals surface area contributed by atoms with Gasteiger partial charge in [0, 0.05) is 18.6 Å². The van der Waals surface area contributed by atoms with E-state index in [0.29, 0.717) is 30.9 Å². The zero-order valence-electron chi connectivity index (χ0n) is 15.5. The van der Waals surface area contributed by atoms with Crippen molar-refractivity contribution in [3.05, 3.63) is 17.7 Å². The SMILES string of the molecule is CC(=O)COc1ccc(OCCCNCC(C)CO)c2c1NC(=O)CC2. The number of hydrogen-bond acceptors (Lipinski definition) is 6. The van der Waals surface area contributed by atoms with Crippen molar-refractivity contribution in [1.82, 2.24) is 5.32 Å². The highest BCUT2D eigenvalue weighted by molar-refractivity contribution is 5.96. The average Bonchev–Trinajstić information content (AvgIpc) is 2.62. The highest BCUT2D eigenvalue weighted by atomic mass is 16.5. The lowest BCUT2D eigenvalue weighted by atomic mass is 10.0. The second-order valence-corrected chi connectivity index (χ2v) is 6.65. The van der Waals surface area contributed by atoms with Crippen LogP contribution in [0, 0.1) is 5.92 Å². The Hall–Kier alpha value is -2.12. The molecule has 1 aromatic rings. The molecule has 0 fully saturated rings. The maximum absolute atomic E-state index is 11.7. The highest BCUT2D eigenvalue weighted by Gasteiger charge is 2.23. The van der Waals surface area contributed by atoms with Crippen LogP contribution in [0.4, 0.5) is 5.69 Å². The number of carbonyl (C=O) groups is 2. The predicted molar refractivity (Wildman–Crippen MR) is 98.8 cm³/mol. The van der Waals surface area contributed by atoms with E-state index < -0.39 is 0 Å². The lowest BCUT2D eigenvalue weighted by Gasteiger charge is -2.23. The number of rotatable bonds is 11. The molecule has 0 saturated heterocycles. The van der Waals surface area contributed by atoms with Crippen molar-refractivity contribution < 1.29 is 24.2 Å². The number of Topliss-reactive ketones (excluding diaryl/α,β-unsaturated/α-hetero) is 1. The molecule has 1 unspecified atom stereocenters. The Morgan fingerprint density at radius 2 is 2.08 bits per heavy atom. The number of hydrogen-bond donors (Lipinski definition) is 3. The summed E-state index contributed by atoms with van der Waals surface area (Å²) < 4.78 is 11.4. The summed E-state index contributed by atoms with van der Waals surface area (Å²) in [7, 11) is 0. The molecule has 0 aromatic heterocycles. The number of aliphatic hydroxyl groups is 1. The standard InChI is InChI=1S/C19H28N2O5/c1-13(11-22)10-20-8-3-9-25-16-5-6-17(26-12-14(2)23)19-15(16)4-7-18(24)21-19/h5-6,13,20,22H,3-4,7-12H2,1-2H3,(H,21,24). The van der Waals surface area contributed by atoms with Crippen LogP contribution in [-0.4, -0.2) is 49.7 Å². The molecule has 7 heteroatoms. The van der Waals surface area contributed by atoms with E-state index in [1.54, 1.807) is 6.07 Å². The van der Waals surface area contributed by atoms with Crippen LogP contribution in [-0.2, 0) is 16.0 Å². The monoisotopic (exact) mass is 364 g/mol. The van der Waals surface area contributed by atoms with Gasteiger partial charge in [0.15, 0.2) is 5.78 Å². The molecule has 144 valence electrons. The first-order chi connectivity index (χ1) is 12.5. The number of anilines is 1. The van der Waals surface area contributed by atoms with Crippen molar-refractivity contribution in [2.75, 3.05) is 38.2 Å². The summed E-state index contributed by atoms with van der Waals surface area (Å²) in [5.74, 6) is 1.33. The Bertz CT molecular complexity index is 633. The lowest BCUT2D eigenvalue weighted by Crippen LogP contribution is -2.25. The van der Waals surface area contributed by atoms with Gasteiger partial charge in [0.1, 0.15) is 18.1 Å². The second kappa shape index (κ2) is 10.1. The Morgan fingerprint density at radius 1 is 1.31 bits per heavy atom. The topological polar surface area (TPSA) is 96.9 Å². The predicted octanol–water partition coefficient (Wildman–Crippen LogP) is 1.53. The van der Waals surface area contributed by atoms with Crippen molar-refractivity contribution in [2.24, 2.45) is 5.92 Å². The fourth-order valence-corrected chi connectivity index (χ4v) is 2.66. The van der Waals surface area contributed by atoms with Gasteiger partial charge in [0.2, 0.25) is 5.91 Å². The van der Waals surface area contributed by atoms with Crippen molar-refractivity contribution in [2.45, 2.75) is 33.1 Å². The largest absolute Gasteiger partial charge is 0.493 e. The van der Waals surface area contributed by atoms with Crippen LogP contribution in [0.5, 0.6) is 11.5 Å². The molecule has 1 amide bonds. The number of amides is 1. The van der Waals surface area contributed by atoms with Gasteiger partial charge in [-0.3, -0.25) is 9.59 Å². The number of nitrogens with one attached hydrogen (secondary N) is 2. The summed E-state index contributed by atoms with van der Waals surface area (Å²) in [5, 5.41) is 15.1. The van der Waals surface area contributed by atoms with Crippen molar-refractivity contribution in [1.29, 1.82) is 0 Å². The smallest absolute Gasteiger partial charge is 0.224 e. The van der Waals surface area contributed by atoms with E-state index >= 15 is 0 Å². The Morgan fingerprint density at radius 3 is 2.81 bits per heavy atom. The molecular weight excluding hydrogens is 336 g/mol. The van der Waals surface area contributed by atoms with Crippen LogP contribution in [0.2, 0.25) is 0 Å². The van der Waals surface area contributed by atoms with E-state index in [9.17, 15) is 9.59 Å². The van der Waals surface area contributed by atoms with E-state index in [0.717, 1.165) is 30.8 Å². The maximum Gasteiger partial charge on any atom is 0.224 e. The minimum atomic E-state index is -0.0794. The third-order valence-electron chi connectivity index (χ3n) is 4.09.